The highest BCUT2D eigenvalue weighted by Crippen LogP contribution is 2.26. The molecule has 0 radical (unpaired) electrons. The highest BCUT2D eigenvalue weighted by molar-refractivity contribution is 6.35. The number of halogens is 2. The number of nitrogens with one attached hydrogen (secondary N) is 1. The van der Waals surface area contributed by atoms with E-state index in [2.05, 4.69) is 5.32 Å². The normalized spacial score (nSPS) is 12.8. The molecule has 2 aromatic rings. The second kappa shape index (κ2) is 9.93. The first-order chi connectivity index (χ1) is 13.3. The Kier molecular flexibility index (Phi) is 7.62. The van der Waals surface area contributed by atoms with Gasteiger partial charge in [-0.25, -0.2) is 4.79 Å². The molecule has 0 unspecified atom stereocenters. The number of hydrogen-bond acceptors (Lipinski definition) is 4. The molecule has 1 amide bonds. The summed E-state index contributed by atoms with van der Waals surface area (Å²) >= 11 is 12.0. The molecule has 0 aromatic heterocycles. The van der Waals surface area contributed by atoms with E-state index in [0.29, 0.717) is 21.2 Å². The fourth-order valence-corrected chi connectivity index (χ4v) is 2.93. The predicted octanol–water partition coefficient (Wildman–Crippen LogP) is 4.69. The summed E-state index contributed by atoms with van der Waals surface area (Å²) in [5, 5.41) is 12.5. The number of nitrogens with zero attached hydrogens (tertiary/aromatic N) is 1. The summed E-state index contributed by atoms with van der Waals surface area (Å²) in [7, 11) is 0. The Morgan fingerprint density at radius 3 is 2.43 bits per heavy atom. The van der Waals surface area contributed by atoms with Gasteiger partial charge in [0.05, 0.1) is 17.7 Å². The quantitative estimate of drug-likeness (QED) is 0.547. The van der Waals surface area contributed by atoms with Crippen LogP contribution in [0.4, 0.5) is 0 Å². The molecule has 0 heterocycles. The minimum atomic E-state index is -0.980. The zero-order chi connectivity index (χ0) is 20.7. The van der Waals surface area contributed by atoms with E-state index in [0.717, 1.165) is 5.56 Å². The molecule has 0 spiro atoms. The van der Waals surface area contributed by atoms with Crippen LogP contribution in [0.2, 0.25) is 10.0 Å². The average molecular weight is 417 g/mol. The lowest BCUT2D eigenvalue weighted by Crippen LogP contribution is -2.37. The number of ether oxygens (including phenoxy) is 1. The van der Waals surface area contributed by atoms with E-state index < -0.39 is 18.0 Å². The highest BCUT2D eigenvalue weighted by atomic mass is 35.5. The minimum absolute atomic E-state index is 0.382. The van der Waals surface area contributed by atoms with Gasteiger partial charge >= 0.3 is 5.97 Å². The maximum Gasteiger partial charge on any atom is 0.331 e. The topological polar surface area (TPSA) is 79.2 Å². The number of esters is 1. The Balaban J connectivity index is 1.90. The number of amides is 1. The Hall–Kier alpha value is -2.81. The molecule has 0 saturated heterocycles. The smallest absolute Gasteiger partial charge is 0.331 e. The van der Waals surface area contributed by atoms with Crippen LogP contribution in [0.5, 0.6) is 0 Å². The maximum atomic E-state index is 12.3. The fourth-order valence-electron chi connectivity index (χ4n) is 2.36. The van der Waals surface area contributed by atoms with Crippen LogP contribution in [0.15, 0.2) is 48.5 Å². The van der Waals surface area contributed by atoms with Crippen LogP contribution >= 0.6 is 23.2 Å². The molecular formula is C21H18Cl2N2O3. The van der Waals surface area contributed by atoms with Crippen LogP contribution < -0.4 is 5.32 Å². The van der Waals surface area contributed by atoms with Gasteiger partial charge in [0, 0.05) is 16.1 Å². The molecule has 2 rings (SSSR count). The third-order valence-electron chi connectivity index (χ3n) is 3.90. The molecule has 0 aliphatic heterocycles. The van der Waals surface area contributed by atoms with E-state index >= 15 is 0 Å². The maximum absolute atomic E-state index is 12.3. The first-order valence-electron chi connectivity index (χ1n) is 8.44. The number of nitriles is 1. The third kappa shape index (κ3) is 6.12. The van der Waals surface area contributed by atoms with Crippen molar-refractivity contribution in [2.45, 2.75) is 26.0 Å². The van der Waals surface area contributed by atoms with Gasteiger partial charge in [-0.05, 0) is 55.3 Å². The van der Waals surface area contributed by atoms with Gasteiger partial charge in [-0.2, -0.15) is 5.26 Å². The van der Waals surface area contributed by atoms with Gasteiger partial charge in [-0.15, -0.1) is 0 Å². The van der Waals surface area contributed by atoms with Crippen LogP contribution in [0.1, 0.15) is 36.6 Å². The lowest BCUT2D eigenvalue weighted by atomic mass is 10.1. The summed E-state index contributed by atoms with van der Waals surface area (Å²) in [6.07, 6.45) is 1.79. The average Bonchev–Trinajstić information content (AvgIpc) is 2.66. The summed E-state index contributed by atoms with van der Waals surface area (Å²) in [6.45, 7) is 3.26. The fraction of sp³-hybridized carbons (Fsp3) is 0.190. The van der Waals surface area contributed by atoms with E-state index in [1.165, 1.54) is 13.0 Å². The van der Waals surface area contributed by atoms with Gasteiger partial charge < -0.3 is 10.1 Å². The molecule has 0 fully saturated rings. The molecule has 144 valence electrons. The number of carbonyl (C=O) groups excluding carboxylic acids is 2. The number of benzene rings is 2. The monoisotopic (exact) mass is 416 g/mol. The molecule has 0 aliphatic carbocycles. The van der Waals surface area contributed by atoms with Crippen molar-refractivity contribution >= 4 is 41.2 Å². The van der Waals surface area contributed by atoms with Crippen LogP contribution in [0.3, 0.4) is 0 Å². The minimum Gasteiger partial charge on any atom is -0.449 e. The van der Waals surface area contributed by atoms with Crippen molar-refractivity contribution in [3.63, 3.8) is 0 Å². The summed E-state index contributed by atoms with van der Waals surface area (Å²) in [5.74, 6) is -1.09. The molecule has 28 heavy (non-hydrogen) atoms. The Morgan fingerprint density at radius 2 is 1.82 bits per heavy atom. The van der Waals surface area contributed by atoms with Gasteiger partial charge in [-0.1, -0.05) is 41.4 Å². The number of rotatable bonds is 6. The Morgan fingerprint density at radius 1 is 1.14 bits per heavy atom. The van der Waals surface area contributed by atoms with E-state index in [-0.39, 0.29) is 6.04 Å². The van der Waals surface area contributed by atoms with Gasteiger partial charge in [0.25, 0.3) is 5.91 Å². The second-order valence-electron chi connectivity index (χ2n) is 6.04. The van der Waals surface area contributed by atoms with Crippen LogP contribution in [-0.2, 0) is 14.3 Å². The molecule has 1 N–H and O–H groups in total. The molecule has 5 nitrogen and oxygen atoms in total. The first-order valence-corrected chi connectivity index (χ1v) is 9.20. The molecule has 2 atom stereocenters. The second-order valence-corrected chi connectivity index (χ2v) is 6.89. The molecule has 2 aromatic carbocycles. The summed E-state index contributed by atoms with van der Waals surface area (Å²) in [6, 6.07) is 13.3. The SMILES string of the molecule is C[C@H](OC(=O)/C=C/c1ccc(C#N)cc1)C(=O)N[C@H](C)c1ccc(Cl)cc1Cl. The zero-order valence-electron chi connectivity index (χ0n) is 15.3. The highest BCUT2D eigenvalue weighted by Gasteiger charge is 2.20. The van der Waals surface area contributed by atoms with Crippen LogP contribution in [-0.4, -0.2) is 18.0 Å². The summed E-state index contributed by atoms with van der Waals surface area (Å²) < 4.78 is 5.12. The van der Waals surface area contributed by atoms with Crippen LogP contribution in [0.25, 0.3) is 6.08 Å². The van der Waals surface area contributed by atoms with Crippen molar-refractivity contribution < 1.29 is 14.3 Å². The Bertz CT molecular complexity index is 934. The Labute approximate surface area is 173 Å². The molecule has 0 saturated carbocycles. The molecule has 0 aliphatic rings. The van der Waals surface area contributed by atoms with Gasteiger partial charge in [-0.3, -0.25) is 4.79 Å². The van der Waals surface area contributed by atoms with E-state index in [9.17, 15) is 9.59 Å². The summed E-state index contributed by atoms with van der Waals surface area (Å²) in [5.41, 5.74) is 1.97. The van der Waals surface area contributed by atoms with Crippen molar-refractivity contribution in [3.05, 3.63) is 75.3 Å². The number of carbonyl (C=O) groups is 2. The lowest BCUT2D eigenvalue weighted by molar-refractivity contribution is -0.150. The molecular weight excluding hydrogens is 399 g/mol. The zero-order valence-corrected chi connectivity index (χ0v) is 16.8. The van der Waals surface area contributed by atoms with Crippen molar-refractivity contribution in [1.82, 2.24) is 5.32 Å². The lowest BCUT2D eigenvalue weighted by Gasteiger charge is -2.19. The van der Waals surface area contributed by atoms with Gasteiger partial charge in [0.15, 0.2) is 6.10 Å². The van der Waals surface area contributed by atoms with E-state index in [4.69, 9.17) is 33.2 Å². The van der Waals surface area contributed by atoms with Crippen molar-refractivity contribution in [2.75, 3.05) is 0 Å². The predicted molar refractivity (Wildman–Crippen MR) is 109 cm³/mol. The molecule has 0 bridgehead atoms. The standard InChI is InChI=1S/C21H18Cl2N2O3/c1-13(18-9-8-17(22)11-19(18)23)25-21(27)14(2)28-20(26)10-7-15-3-5-16(12-24)6-4-15/h3-11,13-14H,1-2H3,(H,25,27)/b10-7+/t13-,14+/m1/s1. The van der Waals surface area contributed by atoms with E-state index in [1.54, 1.807) is 55.5 Å². The van der Waals surface area contributed by atoms with Crippen molar-refractivity contribution in [3.8, 4) is 6.07 Å². The largest absolute Gasteiger partial charge is 0.449 e. The third-order valence-corrected chi connectivity index (χ3v) is 4.46. The van der Waals surface area contributed by atoms with Crippen molar-refractivity contribution in [2.24, 2.45) is 0 Å². The van der Waals surface area contributed by atoms with Crippen LogP contribution in [0, 0.1) is 11.3 Å². The summed E-state index contributed by atoms with van der Waals surface area (Å²) in [4.78, 5) is 24.2. The number of hydrogen-bond donors (Lipinski definition) is 1. The van der Waals surface area contributed by atoms with Gasteiger partial charge in [0.2, 0.25) is 0 Å². The van der Waals surface area contributed by atoms with Crippen molar-refractivity contribution in [1.29, 1.82) is 5.26 Å². The molecule has 7 heteroatoms. The van der Waals surface area contributed by atoms with E-state index in [1.807, 2.05) is 6.07 Å². The first kappa shape index (κ1) is 21.5. The van der Waals surface area contributed by atoms with Gasteiger partial charge in [0.1, 0.15) is 0 Å².